The zero-order chi connectivity index (χ0) is 24.3. The van der Waals surface area contributed by atoms with Crippen molar-refractivity contribution in [2.24, 2.45) is 11.8 Å². The van der Waals surface area contributed by atoms with Gasteiger partial charge in [-0.05, 0) is 24.7 Å². The molecule has 11 nitrogen and oxygen atoms in total. The van der Waals surface area contributed by atoms with Gasteiger partial charge in [0.2, 0.25) is 17.7 Å². The summed E-state index contributed by atoms with van der Waals surface area (Å²) in [5.41, 5.74) is 0. The monoisotopic (exact) mass is 445 g/mol. The van der Waals surface area contributed by atoms with E-state index < -0.39 is 60.3 Å². The number of carbonyl (C=O) groups excluding carboxylic acids is 3. The van der Waals surface area contributed by atoms with E-state index in [0.717, 1.165) is 0 Å². The van der Waals surface area contributed by atoms with Crippen LogP contribution >= 0.6 is 0 Å². The number of amides is 3. The second-order valence-electron chi connectivity index (χ2n) is 8.22. The van der Waals surface area contributed by atoms with E-state index in [1.165, 1.54) is 0 Å². The van der Waals surface area contributed by atoms with E-state index in [1.807, 2.05) is 20.8 Å². The molecular weight excluding hydrogens is 410 g/mol. The van der Waals surface area contributed by atoms with Crippen molar-refractivity contribution in [3.8, 4) is 0 Å². The highest BCUT2D eigenvalue weighted by atomic mass is 16.4. The van der Waals surface area contributed by atoms with Gasteiger partial charge in [-0.15, -0.1) is 0 Å². The van der Waals surface area contributed by atoms with Crippen molar-refractivity contribution in [3.63, 3.8) is 0 Å². The maximum absolute atomic E-state index is 12.8. The van der Waals surface area contributed by atoms with Crippen LogP contribution in [0.3, 0.4) is 0 Å². The van der Waals surface area contributed by atoms with Crippen LogP contribution in [0.15, 0.2) is 0 Å². The first-order valence-electron chi connectivity index (χ1n) is 10.3. The number of rotatable bonds is 14. The number of hydrogen-bond donors (Lipinski definition) is 6. The van der Waals surface area contributed by atoms with E-state index >= 15 is 0 Å². The molecule has 0 bridgehead atoms. The second kappa shape index (κ2) is 13.6. The quantitative estimate of drug-likeness (QED) is 0.213. The van der Waals surface area contributed by atoms with Crippen LogP contribution in [0.2, 0.25) is 0 Å². The Hall–Kier alpha value is -2.69. The minimum Gasteiger partial charge on any atom is -0.481 e. The largest absolute Gasteiger partial charge is 0.481 e. The summed E-state index contributed by atoms with van der Waals surface area (Å²) >= 11 is 0. The third-order valence-electron chi connectivity index (χ3n) is 4.42. The molecule has 1 unspecified atom stereocenters. The Balaban J connectivity index is 5.43. The molecule has 0 aliphatic carbocycles. The minimum absolute atomic E-state index is 0.0755. The molecule has 3 amide bonds. The summed E-state index contributed by atoms with van der Waals surface area (Å²) in [6, 6.07) is -3.90. The Kier molecular flexibility index (Phi) is 12.4. The van der Waals surface area contributed by atoms with E-state index in [1.54, 1.807) is 13.8 Å². The van der Waals surface area contributed by atoms with Gasteiger partial charge in [-0.3, -0.25) is 19.2 Å². The van der Waals surface area contributed by atoms with Crippen molar-refractivity contribution < 1.29 is 39.3 Å². The molecule has 0 saturated carbocycles. The van der Waals surface area contributed by atoms with Crippen molar-refractivity contribution in [1.29, 1.82) is 0 Å². The van der Waals surface area contributed by atoms with Gasteiger partial charge in [-0.1, -0.05) is 34.6 Å². The maximum Gasteiger partial charge on any atom is 0.328 e. The highest BCUT2D eigenvalue weighted by molar-refractivity contribution is 5.93. The van der Waals surface area contributed by atoms with Crippen LogP contribution in [0.1, 0.15) is 60.3 Å². The molecule has 0 heterocycles. The Morgan fingerprint density at radius 1 is 0.839 bits per heavy atom. The summed E-state index contributed by atoms with van der Waals surface area (Å²) in [5, 5.41) is 35.1. The third-order valence-corrected chi connectivity index (χ3v) is 4.42. The molecule has 6 N–H and O–H groups in total. The lowest BCUT2D eigenvalue weighted by molar-refractivity contribution is -0.148. The first kappa shape index (κ1) is 28.3. The molecule has 178 valence electrons. The van der Waals surface area contributed by atoms with E-state index in [0.29, 0.717) is 12.8 Å². The van der Waals surface area contributed by atoms with Gasteiger partial charge < -0.3 is 31.3 Å². The van der Waals surface area contributed by atoms with Crippen molar-refractivity contribution in [2.45, 2.75) is 84.5 Å². The number of aliphatic hydroxyl groups excluding tert-OH is 1. The average Bonchev–Trinajstić information content (AvgIpc) is 2.61. The predicted octanol–water partition coefficient (Wildman–Crippen LogP) is -0.137. The van der Waals surface area contributed by atoms with Gasteiger partial charge in [0.05, 0.1) is 12.5 Å². The number of carboxylic acids is 2. The number of hydrogen-bond acceptors (Lipinski definition) is 6. The Morgan fingerprint density at radius 2 is 1.39 bits per heavy atom. The van der Waals surface area contributed by atoms with Crippen LogP contribution in [0.25, 0.3) is 0 Å². The maximum atomic E-state index is 12.8. The van der Waals surface area contributed by atoms with Crippen LogP contribution in [0.4, 0.5) is 0 Å². The second-order valence-corrected chi connectivity index (χ2v) is 8.22. The molecule has 31 heavy (non-hydrogen) atoms. The van der Waals surface area contributed by atoms with Crippen molar-refractivity contribution in [1.82, 2.24) is 16.0 Å². The van der Waals surface area contributed by atoms with Crippen LogP contribution in [0, 0.1) is 11.8 Å². The molecule has 0 saturated heterocycles. The van der Waals surface area contributed by atoms with Crippen LogP contribution in [-0.2, 0) is 24.0 Å². The number of aliphatic hydroxyl groups is 1. The number of aliphatic carboxylic acids is 2. The van der Waals surface area contributed by atoms with Gasteiger partial charge >= 0.3 is 11.9 Å². The highest BCUT2D eigenvalue weighted by Crippen LogP contribution is 2.10. The summed E-state index contributed by atoms with van der Waals surface area (Å²) in [6.45, 7) is 8.83. The normalized spacial score (nSPS) is 15.0. The Labute approximate surface area is 182 Å². The summed E-state index contributed by atoms with van der Waals surface area (Å²) in [6.07, 6.45) is -1.55. The van der Waals surface area contributed by atoms with Gasteiger partial charge in [0.1, 0.15) is 12.1 Å². The molecule has 4 atom stereocenters. The number of carboxylic acid groups (broad SMARTS) is 2. The molecule has 11 heteroatoms. The lowest BCUT2D eigenvalue weighted by Gasteiger charge is -2.28. The molecular formula is C20H35N3O8. The first-order chi connectivity index (χ1) is 14.3. The minimum atomic E-state index is -1.86. The summed E-state index contributed by atoms with van der Waals surface area (Å²) in [4.78, 5) is 59.5. The predicted molar refractivity (Wildman–Crippen MR) is 111 cm³/mol. The van der Waals surface area contributed by atoms with Gasteiger partial charge in [0, 0.05) is 6.42 Å². The highest BCUT2D eigenvalue weighted by Gasteiger charge is 2.34. The van der Waals surface area contributed by atoms with Crippen LogP contribution in [-0.4, -0.2) is 69.2 Å². The fraction of sp³-hybridized carbons (Fsp3) is 0.750. The topological polar surface area (TPSA) is 182 Å². The van der Waals surface area contributed by atoms with E-state index in [2.05, 4.69) is 16.0 Å². The van der Waals surface area contributed by atoms with Crippen molar-refractivity contribution in [2.75, 3.05) is 0 Å². The molecule has 0 rings (SSSR count). The Bertz CT molecular complexity index is 650. The van der Waals surface area contributed by atoms with E-state index in [-0.39, 0.29) is 18.2 Å². The molecule has 0 fully saturated rings. The molecule has 0 aromatic heterocycles. The molecule has 0 radical (unpaired) electrons. The summed E-state index contributed by atoms with van der Waals surface area (Å²) < 4.78 is 0. The van der Waals surface area contributed by atoms with Crippen LogP contribution in [0.5, 0.6) is 0 Å². The smallest absolute Gasteiger partial charge is 0.328 e. The Morgan fingerprint density at radius 3 is 1.81 bits per heavy atom. The summed E-state index contributed by atoms with van der Waals surface area (Å²) in [5.74, 6) is -5.20. The third kappa shape index (κ3) is 10.8. The zero-order valence-electron chi connectivity index (χ0n) is 18.7. The number of nitrogens with one attached hydrogen (secondary N) is 3. The lowest BCUT2D eigenvalue weighted by atomic mass is 9.99. The molecule has 0 aromatic carbocycles. The summed E-state index contributed by atoms with van der Waals surface area (Å²) in [7, 11) is 0. The molecule has 0 spiro atoms. The fourth-order valence-electron chi connectivity index (χ4n) is 2.85. The van der Waals surface area contributed by atoms with Crippen molar-refractivity contribution in [3.05, 3.63) is 0 Å². The van der Waals surface area contributed by atoms with Gasteiger partial charge in [-0.2, -0.15) is 0 Å². The van der Waals surface area contributed by atoms with Gasteiger partial charge in [0.25, 0.3) is 0 Å². The number of carbonyl (C=O) groups is 5. The fourth-order valence-corrected chi connectivity index (χ4v) is 2.85. The van der Waals surface area contributed by atoms with Gasteiger partial charge in [0.15, 0.2) is 6.04 Å². The molecule has 0 aromatic rings. The standard InChI is InChI=1S/C20H35N3O8/c1-6-7-14(25)21-12(8-10(2)3)18(28)22-16(11(4)5)19(29)23-17(20(30)31)13(24)9-15(26)27/h10-13,16-17,24H,6-9H2,1-5H3,(H,21,25)(H,22,28)(H,23,29)(H,26,27)(H,30,31)/t12-,13?,16-,17-/m0/s1. The zero-order valence-corrected chi connectivity index (χ0v) is 18.7. The average molecular weight is 446 g/mol. The van der Waals surface area contributed by atoms with E-state index in [9.17, 15) is 34.2 Å². The van der Waals surface area contributed by atoms with E-state index in [4.69, 9.17) is 5.11 Å². The molecule has 0 aliphatic heterocycles. The SMILES string of the molecule is CCCC(=O)N[C@@H](CC(C)C)C(=O)N[C@H](C(=O)N[C@H](C(=O)O)C(O)CC(=O)O)C(C)C. The van der Waals surface area contributed by atoms with Gasteiger partial charge in [-0.25, -0.2) is 4.79 Å². The lowest BCUT2D eigenvalue weighted by Crippen LogP contribution is -2.59. The van der Waals surface area contributed by atoms with Crippen LogP contribution < -0.4 is 16.0 Å². The first-order valence-corrected chi connectivity index (χ1v) is 10.3. The van der Waals surface area contributed by atoms with Crippen molar-refractivity contribution >= 4 is 29.7 Å². The molecule has 0 aliphatic rings.